The van der Waals surface area contributed by atoms with Gasteiger partial charge in [0.25, 0.3) is 10.1 Å². The van der Waals surface area contributed by atoms with Crippen molar-refractivity contribution >= 4 is 27.4 Å². The van der Waals surface area contributed by atoms with E-state index >= 15 is 0 Å². The first kappa shape index (κ1) is 14.6. The van der Waals surface area contributed by atoms with Crippen LogP contribution < -0.4 is 4.90 Å². The van der Waals surface area contributed by atoms with Gasteiger partial charge in [0.2, 0.25) is 0 Å². The molecule has 1 heterocycles. The molecule has 0 aliphatic carbocycles. The highest BCUT2D eigenvalue weighted by atomic mass is 35.5. The van der Waals surface area contributed by atoms with Crippen LogP contribution in [0.1, 0.15) is 24.8 Å². The Morgan fingerprint density at radius 1 is 1.26 bits per heavy atom. The van der Waals surface area contributed by atoms with E-state index in [0.717, 1.165) is 30.6 Å². The van der Waals surface area contributed by atoms with E-state index in [1.807, 2.05) is 6.07 Å². The zero-order chi connectivity index (χ0) is 13.9. The average molecular weight is 304 g/mol. The second kappa shape index (κ2) is 6.11. The molecule has 0 unspecified atom stereocenters. The maximum atomic E-state index is 11.0. The van der Waals surface area contributed by atoms with Crippen LogP contribution in [0.2, 0.25) is 5.02 Å². The lowest BCUT2D eigenvalue weighted by Gasteiger charge is -2.29. The molecule has 1 aromatic carbocycles. The minimum atomic E-state index is -3.42. The van der Waals surface area contributed by atoms with Crippen molar-refractivity contribution in [2.45, 2.75) is 25.9 Å². The summed E-state index contributed by atoms with van der Waals surface area (Å²) >= 11 is 6.22. The highest BCUT2D eigenvalue weighted by molar-refractivity contribution is 7.85. The highest BCUT2D eigenvalue weighted by Gasteiger charge is 2.14. The molecule has 0 N–H and O–H groups in total. The molecule has 0 amide bonds. The SMILES string of the molecule is CS(=O)(=O)OCc1ccc(Cl)c(N2CCCCC2)c1. The van der Waals surface area contributed by atoms with Crippen molar-refractivity contribution in [3.63, 3.8) is 0 Å². The lowest BCUT2D eigenvalue weighted by Crippen LogP contribution is -2.29. The Bertz CT molecular complexity index is 539. The Morgan fingerprint density at radius 3 is 2.58 bits per heavy atom. The van der Waals surface area contributed by atoms with Crippen molar-refractivity contribution < 1.29 is 12.6 Å². The molecule has 1 aromatic rings. The molecule has 4 nitrogen and oxygen atoms in total. The molecule has 19 heavy (non-hydrogen) atoms. The number of rotatable bonds is 4. The zero-order valence-corrected chi connectivity index (χ0v) is 12.5. The Labute approximate surface area is 119 Å². The fourth-order valence-corrected chi connectivity index (χ4v) is 2.79. The molecule has 106 valence electrons. The number of hydrogen-bond donors (Lipinski definition) is 0. The quantitative estimate of drug-likeness (QED) is 0.803. The molecule has 2 rings (SSSR count). The molecule has 1 saturated heterocycles. The second-order valence-corrected chi connectivity index (χ2v) is 6.85. The monoisotopic (exact) mass is 303 g/mol. The van der Waals surface area contributed by atoms with Crippen LogP contribution in [0.15, 0.2) is 18.2 Å². The number of piperidine rings is 1. The Kier molecular flexibility index (Phi) is 4.71. The summed E-state index contributed by atoms with van der Waals surface area (Å²) in [6.45, 7) is 2.04. The molecule has 6 heteroatoms. The van der Waals surface area contributed by atoms with Gasteiger partial charge in [0, 0.05) is 13.1 Å². The Balaban J connectivity index is 2.14. The van der Waals surface area contributed by atoms with Gasteiger partial charge >= 0.3 is 0 Å². The molecule has 0 atom stereocenters. The molecule has 0 spiro atoms. The number of halogens is 1. The molecule has 0 aromatic heterocycles. The standard InChI is InChI=1S/C13H18ClNO3S/c1-19(16,17)18-10-11-5-6-12(14)13(9-11)15-7-3-2-4-8-15/h5-6,9H,2-4,7-8,10H2,1H3. The van der Waals surface area contributed by atoms with Gasteiger partial charge in [-0.2, -0.15) is 8.42 Å². The van der Waals surface area contributed by atoms with E-state index in [9.17, 15) is 8.42 Å². The predicted molar refractivity (Wildman–Crippen MR) is 77.1 cm³/mol. The largest absolute Gasteiger partial charge is 0.370 e. The van der Waals surface area contributed by atoms with Gasteiger partial charge in [0.1, 0.15) is 0 Å². The third-order valence-electron chi connectivity index (χ3n) is 3.15. The van der Waals surface area contributed by atoms with E-state index in [1.54, 1.807) is 12.1 Å². The second-order valence-electron chi connectivity index (χ2n) is 4.80. The van der Waals surface area contributed by atoms with E-state index in [1.165, 1.54) is 19.3 Å². The fraction of sp³-hybridized carbons (Fsp3) is 0.538. The smallest absolute Gasteiger partial charge is 0.264 e. The molecule has 1 fully saturated rings. The normalized spacial score (nSPS) is 16.6. The van der Waals surface area contributed by atoms with Crippen LogP contribution in [0.25, 0.3) is 0 Å². The summed E-state index contributed by atoms with van der Waals surface area (Å²) in [7, 11) is -3.42. The first-order chi connectivity index (χ1) is 8.96. The summed E-state index contributed by atoms with van der Waals surface area (Å²) in [4.78, 5) is 2.25. The molecule has 0 saturated carbocycles. The molecule has 0 bridgehead atoms. The van der Waals surface area contributed by atoms with Crippen LogP contribution in [-0.2, 0) is 20.9 Å². The topological polar surface area (TPSA) is 46.6 Å². The van der Waals surface area contributed by atoms with Crippen molar-refractivity contribution in [1.82, 2.24) is 0 Å². The third kappa shape index (κ3) is 4.37. The van der Waals surface area contributed by atoms with Crippen LogP contribution in [0.3, 0.4) is 0 Å². The van der Waals surface area contributed by atoms with Crippen molar-refractivity contribution in [3.8, 4) is 0 Å². The maximum Gasteiger partial charge on any atom is 0.264 e. The molecular formula is C13H18ClNO3S. The first-order valence-electron chi connectivity index (χ1n) is 6.33. The van der Waals surface area contributed by atoms with E-state index < -0.39 is 10.1 Å². The van der Waals surface area contributed by atoms with Crippen LogP contribution in [0.4, 0.5) is 5.69 Å². The van der Waals surface area contributed by atoms with Gasteiger partial charge < -0.3 is 4.90 Å². The summed E-state index contributed by atoms with van der Waals surface area (Å²) in [5.41, 5.74) is 1.78. The number of nitrogens with zero attached hydrogens (tertiary/aromatic N) is 1. The van der Waals surface area contributed by atoms with Gasteiger partial charge in [-0.25, -0.2) is 0 Å². The van der Waals surface area contributed by atoms with Crippen molar-refractivity contribution in [2.24, 2.45) is 0 Å². The Hall–Kier alpha value is -0.780. The minimum Gasteiger partial charge on any atom is -0.370 e. The van der Waals surface area contributed by atoms with E-state index in [-0.39, 0.29) is 6.61 Å². The van der Waals surface area contributed by atoms with Crippen molar-refractivity contribution in [2.75, 3.05) is 24.2 Å². The number of anilines is 1. The summed E-state index contributed by atoms with van der Waals surface area (Å²) in [5.74, 6) is 0. The minimum absolute atomic E-state index is 0.0524. The molecule has 0 radical (unpaired) electrons. The van der Waals surface area contributed by atoms with Crippen LogP contribution in [-0.4, -0.2) is 27.8 Å². The van der Waals surface area contributed by atoms with E-state index in [0.29, 0.717) is 5.02 Å². The predicted octanol–water partition coefficient (Wildman–Crippen LogP) is 2.81. The van der Waals surface area contributed by atoms with Crippen molar-refractivity contribution in [3.05, 3.63) is 28.8 Å². The highest BCUT2D eigenvalue weighted by Crippen LogP contribution is 2.29. The van der Waals surface area contributed by atoms with Crippen LogP contribution in [0, 0.1) is 0 Å². The van der Waals surface area contributed by atoms with Crippen LogP contribution >= 0.6 is 11.6 Å². The Morgan fingerprint density at radius 2 is 1.95 bits per heavy atom. The third-order valence-corrected chi connectivity index (χ3v) is 4.01. The zero-order valence-electron chi connectivity index (χ0n) is 10.9. The molecular weight excluding hydrogens is 286 g/mol. The molecule has 1 aliphatic heterocycles. The lowest BCUT2D eigenvalue weighted by molar-refractivity contribution is 0.311. The van der Waals surface area contributed by atoms with Gasteiger partial charge in [0.15, 0.2) is 0 Å². The van der Waals surface area contributed by atoms with Gasteiger partial charge in [0.05, 0.1) is 23.6 Å². The van der Waals surface area contributed by atoms with Crippen molar-refractivity contribution in [1.29, 1.82) is 0 Å². The van der Waals surface area contributed by atoms with Gasteiger partial charge in [-0.15, -0.1) is 0 Å². The van der Waals surface area contributed by atoms with Crippen LogP contribution in [0.5, 0.6) is 0 Å². The summed E-state index contributed by atoms with van der Waals surface area (Å²) in [6.07, 6.45) is 4.64. The van der Waals surface area contributed by atoms with Gasteiger partial charge in [-0.3, -0.25) is 4.18 Å². The summed E-state index contributed by atoms with van der Waals surface area (Å²) in [5, 5.41) is 0.699. The number of benzene rings is 1. The lowest BCUT2D eigenvalue weighted by atomic mass is 10.1. The molecule has 1 aliphatic rings. The van der Waals surface area contributed by atoms with E-state index in [4.69, 9.17) is 15.8 Å². The van der Waals surface area contributed by atoms with E-state index in [2.05, 4.69) is 4.90 Å². The maximum absolute atomic E-state index is 11.0. The number of hydrogen-bond acceptors (Lipinski definition) is 4. The fourth-order valence-electron chi connectivity index (χ4n) is 2.20. The summed E-state index contributed by atoms with van der Waals surface area (Å²) in [6, 6.07) is 5.51. The average Bonchev–Trinajstić information content (AvgIpc) is 2.38. The van der Waals surface area contributed by atoms with Gasteiger partial charge in [-0.1, -0.05) is 17.7 Å². The summed E-state index contributed by atoms with van der Waals surface area (Å²) < 4.78 is 26.8. The van der Waals surface area contributed by atoms with Gasteiger partial charge in [-0.05, 0) is 37.0 Å². The first-order valence-corrected chi connectivity index (χ1v) is 8.53.